The minimum absolute atomic E-state index is 0.229. The van der Waals surface area contributed by atoms with Crippen LogP contribution in [0.3, 0.4) is 0 Å². The number of pyridine rings is 3. The van der Waals surface area contributed by atoms with E-state index in [2.05, 4.69) is 15.0 Å². The SMILES string of the molecule is Cc1cc(C2CN(c3cc4c(=O)n(C)c(C)nc4c(-c4ccc(C(F)(F)F)nc4)n3)CCO2)ccn1. The molecule has 8 nitrogen and oxygen atoms in total. The predicted octanol–water partition coefficient (Wildman–Crippen LogP) is 4.00. The van der Waals surface area contributed by atoms with E-state index in [1.807, 2.05) is 24.0 Å². The molecule has 0 aromatic carbocycles. The molecule has 36 heavy (non-hydrogen) atoms. The number of nitrogens with zero attached hydrogens (tertiary/aromatic N) is 6. The fourth-order valence-corrected chi connectivity index (χ4v) is 4.26. The first-order valence-corrected chi connectivity index (χ1v) is 11.3. The first kappa shape index (κ1) is 23.9. The Bertz CT molecular complexity index is 1500. The Balaban J connectivity index is 1.62. The second-order valence-electron chi connectivity index (χ2n) is 8.71. The van der Waals surface area contributed by atoms with Gasteiger partial charge in [0.2, 0.25) is 0 Å². The van der Waals surface area contributed by atoms with E-state index >= 15 is 0 Å². The van der Waals surface area contributed by atoms with Crippen molar-refractivity contribution in [3.05, 3.63) is 75.9 Å². The Morgan fingerprint density at radius 1 is 1.08 bits per heavy atom. The lowest BCUT2D eigenvalue weighted by molar-refractivity contribution is -0.141. The summed E-state index contributed by atoms with van der Waals surface area (Å²) < 4.78 is 46.6. The van der Waals surface area contributed by atoms with Crippen LogP contribution in [-0.4, -0.2) is 44.2 Å². The largest absolute Gasteiger partial charge is 0.433 e. The molecule has 0 spiro atoms. The van der Waals surface area contributed by atoms with Crippen molar-refractivity contribution in [1.82, 2.24) is 24.5 Å². The van der Waals surface area contributed by atoms with E-state index in [4.69, 9.17) is 9.72 Å². The summed E-state index contributed by atoms with van der Waals surface area (Å²) in [5.74, 6) is 0.974. The van der Waals surface area contributed by atoms with Crippen LogP contribution in [0, 0.1) is 13.8 Å². The molecule has 186 valence electrons. The quantitative estimate of drug-likeness (QED) is 0.424. The molecule has 5 rings (SSSR count). The maximum atomic E-state index is 13.2. The predicted molar refractivity (Wildman–Crippen MR) is 128 cm³/mol. The summed E-state index contributed by atoms with van der Waals surface area (Å²) in [5, 5.41) is 0.325. The summed E-state index contributed by atoms with van der Waals surface area (Å²) in [5.41, 5.74) is 1.53. The van der Waals surface area contributed by atoms with E-state index < -0.39 is 11.9 Å². The lowest BCUT2D eigenvalue weighted by Crippen LogP contribution is -2.39. The first-order valence-electron chi connectivity index (χ1n) is 11.3. The Morgan fingerprint density at radius 2 is 1.89 bits per heavy atom. The third-order valence-corrected chi connectivity index (χ3v) is 6.28. The van der Waals surface area contributed by atoms with E-state index in [0.29, 0.717) is 53.5 Å². The van der Waals surface area contributed by atoms with Gasteiger partial charge in [-0.25, -0.2) is 9.97 Å². The Morgan fingerprint density at radius 3 is 2.58 bits per heavy atom. The molecular formula is C25H23F3N6O2. The monoisotopic (exact) mass is 496 g/mol. The van der Waals surface area contributed by atoms with Crippen molar-refractivity contribution >= 4 is 16.7 Å². The molecule has 1 fully saturated rings. The van der Waals surface area contributed by atoms with Crippen LogP contribution < -0.4 is 10.5 Å². The van der Waals surface area contributed by atoms with Crippen molar-refractivity contribution in [2.45, 2.75) is 26.1 Å². The van der Waals surface area contributed by atoms with Crippen LogP contribution in [-0.2, 0) is 18.0 Å². The van der Waals surface area contributed by atoms with Gasteiger partial charge in [0, 0.05) is 43.8 Å². The van der Waals surface area contributed by atoms with Crippen molar-refractivity contribution in [2.75, 3.05) is 24.6 Å². The van der Waals surface area contributed by atoms with Gasteiger partial charge in [0.05, 0.1) is 12.0 Å². The normalized spacial score (nSPS) is 16.5. The highest BCUT2D eigenvalue weighted by Crippen LogP contribution is 2.33. The number of aryl methyl sites for hydroxylation is 2. The number of ether oxygens (including phenoxy) is 1. The zero-order valence-electron chi connectivity index (χ0n) is 19.9. The Hall–Kier alpha value is -3.86. The number of alkyl halides is 3. The third kappa shape index (κ3) is 4.41. The van der Waals surface area contributed by atoms with Crippen LogP contribution in [0.1, 0.15) is 28.9 Å². The van der Waals surface area contributed by atoms with Crippen LogP contribution in [0.15, 0.2) is 47.5 Å². The lowest BCUT2D eigenvalue weighted by atomic mass is 10.1. The number of hydrogen-bond donors (Lipinski definition) is 0. The van der Waals surface area contributed by atoms with Gasteiger partial charge in [0.25, 0.3) is 5.56 Å². The van der Waals surface area contributed by atoms with E-state index in [0.717, 1.165) is 23.5 Å². The summed E-state index contributed by atoms with van der Waals surface area (Å²) in [6, 6.07) is 7.75. The van der Waals surface area contributed by atoms with Gasteiger partial charge in [-0.3, -0.25) is 19.3 Å². The number of aromatic nitrogens is 5. The van der Waals surface area contributed by atoms with Gasteiger partial charge in [0.1, 0.15) is 34.7 Å². The van der Waals surface area contributed by atoms with Crippen LogP contribution >= 0.6 is 0 Å². The molecule has 0 amide bonds. The molecule has 11 heteroatoms. The highest BCUT2D eigenvalue weighted by molar-refractivity contribution is 5.92. The average molecular weight is 496 g/mol. The zero-order valence-corrected chi connectivity index (χ0v) is 19.9. The molecule has 0 aliphatic carbocycles. The summed E-state index contributed by atoms with van der Waals surface area (Å²) in [4.78, 5) is 32.3. The van der Waals surface area contributed by atoms with Crippen molar-refractivity contribution in [3.63, 3.8) is 0 Å². The lowest BCUT2D eigenvalue weighted by Gasteiger charge is -2.34. The minimum atomic E-state index is -4.56. The number of anilines is 1. The number of hydrogen-bond acceptors (Lipinski definition) is 7. The smallest absolute Gasteiger partial charge is 0.370 e. The zero-order chi connectivity index (χ0) is 25.6. The molecule has 5 heterocycles. The summed E-state index contributed by atoms with van der Waals surface area (Å²) in [6.45, 7) is 5.04. The Kier molecular flexibility index (Phi) is 5.95. The molecule has 0 bridgehead atoms. The molecule has 0 saturated carbocycles. The second-order valence-corrected chi connectivity index (χ2v) is 8.71. The van der Waals surface area contributed by atoms with Crippen molar-refractivity contribution in [2.24, 2.45) is 7.05 Å². The van der Waals surface area contributed by atoms with Gasteiger partial charge < -0.3 is 9.64 Å². The molecule has 1 aliphatic rings. The molecule has 1 saturated heterocycles. The first-order chi connectivity index (χ1) is 17.1. The molecule has 1 atom stereocenters. The summed E-state index contributed by atoms with van der Waals surface area (Å²) in [6.07, 6.45) is -1.94. The van der Waals surface area contributed by atoms with E-state index in [1.54, 1.807) is 26.2 Å². The number of fused-ring (bicyclic) bond motifs is 1. The maximum Gasteiger partial charge on any atom is 0.433 e. The molecular weight excluding hydrogens is 473 g/mol. The number of morpholine rings is 1. The van der Waals surface area contributed by atoms with E-state index in [-0.39, 0.29) is 11.7 Å². The van der Waals surface area contributed by atoms with Crippen LogP contribution in [0.2, 0.25) is 0 Å². The van der Waals surface area contributed by atoms with Gasteiger partial charge in [0.15, 0.2) is 0 Å². The summed E-state index contributed by atoms with van der Waals surface area (Å²) in [7, 11) is 1.63. The highest BCUT2D eigenvalue weighted by Gasteiger charge is 2.32. The second kappa shape index (κ2) is 8.98. The average Bonchev–Trinajstić information content (AvgIpc) is 2.87. The van der Waals surface area contributed by atoms with Crippen LogP contribution in [0.4, 0.5) is 19.0 Å². The summed E-state index contributed by atoms with van der Waals surface area (Å²) >= 11 is 0. The minimum Gasteiger partial charge on any atom is -0.370 e. The number of rotatable bonds is 3. The van der Waals surface area contributed by atoms with Crippen LogP contribution in [0.5, 0.6) is 0 Å². The van der Waals surface area contributed by atoms with Crippen molar-refractivity contribution in [3.8, 4) is 11.3 Å². The molecule has 1 unspecified atom stereocenters. The third-order valence-electron chi connectivity index (χ3n) is 6.28. The molecule has 4 aromatic heterocycles. The van der Waals surface area contributed by atoms with Gasteiger partial charge in [-0.05, 0) is 49.7 Å². The van der Waals surface area contributed by atoms with Gasteiger partial charge in [-0.15, -0.1) is 0 Å². The fourth-order valence-electron chi connectivity index (χ4n) is 4.26. The maximum absolute atomic E-state index is 13.2. The van der Waals surface area contributed by atoms with Crippen molar-refractivity contribution in [1.29, 1.82) is 0 Å². The van der Waals surface area contributed by atoms with E-state index in [9.17, 15) is 18.0 Å². The van der Waals surface area contributed by atoms with Crippen molar-refractivity contribution < 1.29 is 17.9 Å². The topological polar surface area (TPSA) is 86.0 Å². The van der Waals surface area contributed by atoms with Gasteiger partial charge in [-0.1, -0.05) is 0 Å². The standard InChI is InChI=1S/C25H23F3N6O2/c1-14-10-16(6-7-29-14)19-13-34(8-9-36-19)21-11-18-23(31-15(2)33(3)24(18)35)22(32-21)17-4-5-20(30-12-17)25(26,27)28/h4-7,10-12,19H,8-9,13H2,1-3H3. The van der Waals surface area contributed by atoms with Gasteiger partial charge in [-0.2, -0.15) is 13.2 Å². The fraction of sp³-hybridized carbons (Fsp3) is 0.320. The number of halogens is 3. The van der Waals surface area contributed by atoms with Gasteiger partial charge >= 0.3 is 6.18 Å². The molecule has 4 aromatic rings. The molecule has 0 N–H and O–H groups in total. The molecule has 0 radical (unpaired) electrons. The van der Waals surface area contributed by atoms with Crippen LogP contribution in [0.25, 0.3) is 22.2 Å². The Labute approximate surface area is 204 Å². The highest BCUT2D eigenvalue weighted by atomic mass is 19.4. The molecule has 1 aliphatic heterocycles. The van der Waals surface area contributed by atoms with E-state index in [1.165, 1.54) is 10.6 Å².